The van der Waals surface area contributed by atoms with E-state index in [9.17, 15) is 22.8 Å². The van der Waals surface area contributed by atoms with Crippen molar-refractivity contribution in [1.29, 1.82) is 0 Å². The zero-order valence-corrected chi connectivity index (χ0v) is 23.6. The number of sulfonamides is 1. The van der Waals surface area contributed by atoms with Gasteiger partial charge >= 0.3 is 0 Å². The zero-order chi connectivity index (χ0) is 28.3. The van der Waals surface area contributed by atoms with Crippen LogP contribution in [0.25, 0.3) is 10.2 Å². The van der Waals surface area contributed by atoms with Crippen molar-refractivity contribution in [2.75, 3.05) is 23.7 Å². The first-order valence-electron chi connectivity index (χ1n) is 12.3. The fraction of sp³-hybridized carbons (Fsp3) is 0.259. The minimum absolute atomic E-state index is 0.130. The van der Waals surface area contributed by atoms with E-state index in [1.54, 1.807) is 26.8 Å². The third kappa shape index (κ3) is 5.77. The maximum Gasteiger partial charge on any atom is 0.266 e. The lowest BCUT2D eigenvalue weighted by atomic mass is 10.2. The lowest BCUT2D eigenvalue weighted by Crippen LogP contribution is -2.30. The molecule has 0 aliphatic heterocycles. The third-order valence-electron chi connectivity index (χ3n) is 6.31. The minimum Gasteiger partial charge on any atom is -0.325 e. The lowest BCUT2D eigenvalue weighted by molar-refractivity contribution is -0.116. The number of hydrogen-bond donors (Lipinski definition) is 2. The number of carbonyl (C=O) groups is 2. The molecule has 204 valence electrons. The average Bonchev–Trinajstić information content (AvgIpc) is 3.25. The fourth-order valence-corrected chi connectivity index (χ4v) is 6.65. The maximum atomic E-state index is 13.2. The highest BCUT2D eigenvalue weighted by Crippen LogP contribution is 2.28. The number of amides is 2. The van der Waals surface area contributed by atoms with E-state index in [2.05, 4.69) is 15.6 Å². The van der Waals surface area contributed by atoms with E-state index in [1.807, 2.05) is 25.1 Å². The van der Waals surface area contributed by atoms with Crippen LogP contribution in [0.3, 0.4) is 0 Å². The van der Waals surface area contributed by atoms with Gasteiger partial charge in [0.1, 0.15) is 11.4 Å². The first-order valence-corrected chi connectivity index (χ1v) is 14.6. The van der Waals surface area contributed by atoms with E-state index in [-0.39, 0.29) is 22.7 Å². The van der Waals surface area contributed by atoms with Gasteiger partial charge in [-0.25, -0.2) is 13.4 Å². The third-order valence-corrected chi connectivity index (χ3v) is 9.57. The number of thiophene rings is 1. The van der Waals surface area contributed by atoms with Gasteiger partial charge in [0.2, 0.25) is 15.9 Å². The molecule has 0 spiro atoms. The summed E-state index contributed by atoms with van der Waals surface area (Å²) >= 11 is 1.12. The van der Waals surface area contributed by atoms with Crippen LogP contribution < -0.4 is 16.2 Å². The molecular formula is C27H29N5O5S2. The highest BCUT2D eigenvalue weighted by molar-refractivity contribution is 7.89. The molecule has 0 bridgehead atoms. The molecule has 4 aromatic rings. The SMILES string of the molecule is CCN(CC)S(=O)(=O)c1ccc(NC(=O)Cn2cnc3sc(C(=O)Nc4ccccc4C)c(C)c3c2=O)cc1. The number of aromatic nitrogens is 2. The molecule has 10 nitrogen and oxygen atoms in total. The van der Waals surface area contributed by atoms with E-state index < -0.39 is 21.5 Å². The second-order valence-electron chi connectivity index (χ2n) is 8.84. The van der Waals surface area contributed by atoms with Gasteiger partial charge in [-0.3, -0.25) is 19.0 Å². The number of aryl methyl sites for hydroxylation is 2. The highest BCUT2D eigenvalue weighted by Gasteiger charge is 2.22. The average molecular weight is 568 g/mol. The Morgan fingerprint density at radius 3 is 2.31 bits per heavy atom. The second kappa shape index (κ2) is 11.5. The molecule has 2 heterocycles. The molecule has 2 aromatic carbocycles. The molecule has 0 saturated heterocycles. The Hall–Kier alpha value is -3.87. The van der Waals surface area contributed by atoms with Crippen LogP contribution in [0.2, 0.25) is 0 Å². The van der Waals surface area contributed by atoms with Crippen molar-refractivity contribution in [3.05, 3.63) is 81.2 Å². The molecule has 2 amide bonds. The first-order chi connectivity index (χ1) is 18.6. The summed E-state index contributed by atoms with van der Waals surface area (Å²) in [5.41, 5.74) is 2.05. The number of carbonyl (C=O) groups excluding carboxylic acids is 2. The van der Waals surface area contributed by atoms with Gasteiger partial charge in [-0.1, -0.05) is 32.0 Å². The Morgan fingerprint density at radius 1 is 1.00 bits per heavy atom. The molecule has 0 saturated carbocycles. The highest BCUT2D eigenvalue weighted by atomic mass is 32.2. The Labute approximate surface area is 230 Å². The van der Waals surface area contributed by atoms with Gasteiger partial charge in [-0.05, 0) is 55.3 Å². The summed E-state index contributed by atoms with van der Waals surface area (Å²) in [5.74, 6) is -0.817. The van der Waals surface area contributed by atoms with Crippen molar-refractivity contribution in [3.8, 4) is 0 Å². The van der Waals surface area contributed by atoms with E-state index in [4.69, 9.17) is 0 Å². The number of hydrogen-bond acceptors (Lipinski definition) is 7. The maximum absolute atomic E-state index is 13.2. The van der Waals surface area contributed by atoms with Crippen LogP contribution in [0, 0.1) is 13.8 Å². The standard InChI is InChI=1S/C27H29N5O5S2/c1-5-32(6-2)39(36,37)20-13-11-19(12-14-20)29-22(33)15-31-16-28-26-23(27(31)35)18(4)24(38-26)25(34)30-21-10-8-7-9-17(21)3/h7-14,16H,5-6,15H2,1-4H3,(H,29,33)(H,30,34). The van der Waals surface area contributed by atoms with Crippen LogP contribution in [-0.4, -0.2) is 47.2 Å². The van der Waals surface area contributed by atoms with Crippen molar-refractivity contribution in [2.24, 2.45) is 0 Å². The van der Waals surface area contributed by atoms with Gasteiger partial charge in [0.05, 0.1) is 21.5 Å². The molecule has 0 aliphatic carbocycles. The number of para-hydroxylation sites is 1. The minimum atomic E-state index is -3.61. The van der Waals surface area contributed by atoms with Crippen molar-refractivity contribution in [3.63, 3.8) is 0 Å². The van der Waals surface area contributed by atoms with Crippen LogP contribution in [0.5, 0.6) is 0 Å². The predicted octanol–water partition coefficient (Wildman–Crippen LogP) is 4.00. The van der Waals surface area contributed by atoms with Crippen molar-refractivity contribution < 1.29 is 18.0 Å². The van der Waals surface area contributed by atoms with Crippen LogP contribution in [-0.2, 0) is 21.4 Å². The quantitative estimate of drug-likeness (QED) is 0.314. The normalized spacial score (nSPS) is 11.6. The topological polar surface area (TPSA) is 130 Å². The lowest BCUT2D eigenvalue weighted by Gasteiger charge is -2.18. The van der Waals surface area contributed by atoms with Gasteiger partial charge in [-0.15, -0.1) is 11.3 Å². The van der Waals surface area contributed by atoms with Crippen molar-refractivity contribution in [1.82, 2.24) is 13.9 Å². The summed E-state index contributed by atoms with van der Waals surface area (Å²) in [5, 5.41) is 5.84. The Kier molecular flexibility index (Phi) is 8.28. The van der Waals surface area contributed by atoms with Gasteiger partial charge in [0.25, 0.3) is 11.5 Å². The van der Waals surface area contributed by atoms with Crippen LogP contribution in [0.1, 0.15) is 34.6 Å². The number of fused-ring (bicyclic) bond motifs is 1. The Bertz CT molecular complexity index is 1700. The van der Waals surface area contributed by atoms with Crippen LogP contribution >= 0.6 is 11.3 Å². The number of nitrogens with one attached hydrogen (secondary N) is 2. The molecule has 0 fully saturated rings. The summed E-state index contributed by atoms with van der Waals surface area (Å²) in [6, 6.07) is 13.3. The van der Waals surface area contributed by atoms with E-state index in [0.29, 0.717) is 39.7 Å². The molecular weight excluding hydrogens is 538 g/mol. The molecule has 0 radical (unpaired) electrons. The number of benzene rings is 2. The van der Waals surface area contributed by atoms with Gasteiger partial charge < -0.3 is 10.6 Å². The molecule has 12 heteroatoms. The molecule has 4 rings (SSSR count). The zero-order valence-electron chi connectivity index (χ0n) is 22.0. The Balaban J connectivity index is 1.51. The van der Waals surface area contributed by atoms with E-state index in [1.165, 1.54) is 39.5 Å². The number of nitrogens with zero attached hydrogens (tertiary/aromatic N) is 3. The molecule has 0 aliphatic rings. The summed E-state index contributed by atoms with van der Waals surface area (Å²) in [6.07, 6.45) is 1.28. The van der Waals surface area contributed by atoms with Crippen LogP contribution in [0.4, 0.5) is 11.4 Å². The summed E-state index contributed by atoms with van der Waals surface area (Å²) in [6.45, 7) is 7.51. The molecule has 2 aromatic heterocycles. The van der Waals surface area contributed by atoms with Crippen molar-refractivity contribution >= 4 is 54.8 Å². The van der Waals surface area contributed by atoms with Crippen LogP contribution in [0.15, 0.2) is 64.5 Å². The fourth-order valence-electron chi connectivity index (χ4n) is 4.16. The molecule has 0 atom stereocenters. The summed E-state index contributed by atoms with van der Waals surface area (Å²) < 4.78 is 27.8. The smallest absolute Gasteiger partial charge is 0.266 e. The first kappa shape index (κ1) is 28.1. The summed E-state index contributed by atoms with van der Waals surface area (Å²) in [4.78, 5) is 44.1. The molecule has 39 heavy (non-hydrogen) atoms. The van der Waals surface area contributed by atoms with E-state index >= 15 is 0 Å². The largest absolute Gasteiger partial charge is 0.325 e. The number of rotatable bonds is 9. The predicted molar refractivity (Wildman–Crippen MR) is 153 cm³/mol. The van der Waals surface area contributed by atoms with Crippen molar-refractivity contribution in [2.45, 2.75) is 39.1 Å². The van der Waals surface area contributed by atoms with E-state index in [0.717, 1.165) is 16.9 Å². The monoisotopic (exact) mass is 567 g/mol. The summed E-state index contributed by atoms with van der Waals surface area (Å²) in [7, 11) is -3.61. The van der Waals surface area contributed by atoms with Gasteiger partial charge in [0.15, 0.2) is 0 Å². The molecule has 0 unspecified atom stereocenters. The molecule has 2 N–H and O–H groups in total. The second-order valence-corrected chi connectivity index (χ2v) is 11.8. The van der Waals surface area contributed by atoms with Gasteiger partial charge in [0, 0.05) is 24.5 Å². The Morgan fingerprint density at radius 2 is 1.67 bits per heavy atom. The number of anilines is 2. The van der Waals surface area contributed by atoms with Gasteiger partial charge in [-0.2, -0.15) is 4.31 Å².